The lowest BCUT2D eigenvalue weighted by Crippen LogP contribution is -2.42. The van der Waals surface area contributed by atoms with Crippen LogP contribution in [0.1, 0.15) is 76.6 Å². The highest BCUT2D eigenvalue weighted by Crippen LogP contribution is 2.43. The standard InChI is InChI=1S/C25H40N4O6S/c1-14-15(2)21(16(3)18-13-25(8,9)34-20(14)18)36(32,33)29-22(26)27-12-10-11-19(17(4)30)28-23(31)35-24(5,6)7/h19H,10-13H2,1-9H3,(H,28,31)(H3,26,27,29)/t19-/m0/s1. The van der Waals surface area contributed by atoms with Crippen molar-refractivity contribution in [1.82, 2.24) is 10.0 Å². The fourth-order valence-corrected chi connectivity index (χ4v) is 5.71. The van der Waals surface area contributed by atoms with Gasteiger partial charge in [0.15, 0.2) is 5.78 Å². The maximum Gasteiger partial charge on any atom is 0.408 e. The largest absolute Gasteiger partial charge is 0.487 e. The molecule has 0 bridgehead atoms. The lowest BCUT2D eigenvalue weighted by atomic mass is 9.94. The molecular weight excluding hydrogens is 484 g/mol. The molecule has 1 amide bonds. The maximum atomic E-state index is 13.2. The summed E-state index contributed by atoms with van der Waals surface area (Å²) >= 11 is 0. The molecule has 11 heteroatoms. The smallest absolute Gasteiger partial charge is 0.408 e. The number of amides is 1. The number of ether oxygens (including phenoxy) is 2. The molecule has 1 aromatic rings. The molecule has 1 heterocycles. The van der Waals surface area contributed by atoms with Crippen LogP contribution in [-0.4, -0.2) is 50.0 Å². The van der Waals surface area contributed by atoms with Crippen molar-refractivity contribution >= 4 is 27.9 Å². The molecule has 1 aromatic carbocycles. The third-order valence-electron chi connectivity index (χ3n) is 5.91. The molecule has 1 atom stereocenters. The average molecular weight is 525 g/mol. The molecular formula is C25H40N4O6S. The van der Waals surface area contributed by atoms with E-state index in [0.29, 0.717) is 30.4 Å². The number of aliphatic imine (C=N–C) groups is 1. The van der Waals surface area contributed by atoms with Gasteiger partial charge in [0.25, 0.3) is 10.0 Å². The zero-order valence-electron chi connectivity index (χ0n) is 22.8. The first kappa shape index (κ1) is 29.4. The Morgan fingerprint density at radius 2 is 1.78 bits per heavy atom. The number of nitrogens with zero attached hydrogens (tertiary/aromatic N) is 1. The second-order valence-corrected chi connectivity index (χ2v) is 12.5. The number of benzene rings is 1. The molecule has 1 aliphatic heterocycles. The first-order valence-electron chi connectivity index (χ1n) is 12.0. The Labute approximate surface area is 214 Å². The average Bonchev–Trinajstić information content (AvgIpc) is 3.02. The number of carbonyl (C=O) groups is 2. The maximum absolute atomic E-state index is 13.2. The highest BCUT2D eigenvalue weighted by Gasteiger charge is 2.36. The molecule has 0 fully saturated rings. The van der Waals surface area contributed by atoms with E-state index in [0.717, 1.165) is 16.9 Å². The van der Waals surface area contributed by atoms with Gasteiger partial charge in [0.1, 0.15) is 17.0 Å². The molecule has 10 nitrogen and oxygen atoms in total. The Kier molecular flexibility index (Phi) is 8.71. The summed E-state index contributed by atoms with van der Waals surface area (Å²) in [5.74, 6) is 0.280. The fraction of sp³-hybridized carbons (Fsp3) is 0.640. The van der Waals surface area contributed by atoms with E-state index in [4.69, 9.17) is 15.2 Å². The number of hydrogen-bond donors (Lipinski definition) is 3. The molecule has 4 N–H and O–H groups in total. The van der Waals surface area contributed by atoms with Crippen molar-refractivity contribution in [3.8, 4) is 5.75 Å². The number of hydrogen-bond acceptors (Lipinski definition) is 7. The summed E-state index contributed by atoms with van der Waals surface area (Å²) in [6, 6.07) is -0.737. The van der Waals surface area contributed by atoms with Gasteiger partial charge in [-0.3, -0.25) is 9.79 Å². The molecule has 0 radical (unpaired) electrons. The summed E-state index contributed by atoms with van der Waals surface area (Å²) in [5, 5.41) is 2.55. The summed E-state index contributed by atoms with van der Waals surface area (Å²) in [7, 11) is -3.99. The van der Waals surface area contributed by atoms with Crippen molar-refractivity contribution in [1.29, 1.82) is 0 Å². The fourth-order valence-electron chi connectivity index (χ4n) is 4.19. The highest BCUT2D eigenvalue weighted by molar-refractivity contribution is 7.90. The Morgan fingerprint density at radius 1 is 1.17 bits per heavy atom. The number of sulfonamides is 1. The molecule has 0 aromatic heterocycles. The van der Waals surface area contributed by atoms with Crippen molar-refractivity contribution in [3.05, 3.63) is 22.3 Å². The molecule has 1 aliphatic rings. The summed E-state index contributed by atoms with van der Waals surface area (Å²) < 4.78 is 40.1. The zero-order chi connectivity index (χ0) is 27.6. The van der Waals surface area contributed by atoms with Gasteiger partial charge in [-0.1, -0.05) is 0 Å². The number of carbonyl (C=O) groups excluding carboxylic acids is 2. The van der Waals surface area contributed by atoms with E-state index >= 15 is 0 Å². The summed E-state index contributed by atoms with van der Waals surface area (Å²) in [4.78, 5) is 28.2. The molecule has 202 valence electrons. The number of Topliss-reactive ketones (excluding diaryl/α,β-unsaturated/α-hetero) is 1. The lowest BCUT2D eigenvalue weighted by Gasteiger charge is -2.22. The van der Waals surface area contributed by atoms with Gasteiger partial charge >= 0.3 is 6.09 Å². The van der Waals surface area contributed by atoms with E-state index < -0.39 is 33.4 Å². The number of rotatable bonds is 8. The van der Waals surface area contributed by atoms with Crippen LogP contribution in [0.2, 0.25) is 0 Å². The van der Waals surface area contributed by atoms with E-state index in [-0.39, 0.29) is 23.2 Å². The number of ketones is 1. The van der Waals surface area contributed by atoms with Crippen LogP contribution in [0.5, 0.6) is 5.75 Å². The summed E-state index contributed by atoms with van der Waals surface area (Å²) in [6.07, 6.45) is 0.625. The van der Waals surface area contributed by atoms with Crippen molar-refractivity contribution < 1.29 is 27.5 Å². The van der Waals surface area contributed by atoms with E-state index in [1.54, 1.807) is 34.6 Å². The van der Waals surface area contributed by atoms with Crippen LogP contribution in [0.3, 0.4) is 0 Å². The number of nitrogens with two attached hydrogens (primary N) is 1. The monoisotopic (exact) mass is 524 g/mol. The van der Waals surface area contributed by atoms with E-state index in [1.807, 2.05) is 20.8 Å². The normalized spacial score (nSPS) is 16.1. The predicted octanol–water partition coefficient (Wildman–Crippen LogP) is 3.18. The first-order valence-corrected chi connectivity index (χ1v) is 13.5. The number of guanidine groups is 1. The van der Waals surface area contributed by atoms with Crippen LogP contribution in [-0.2, 0) is 26.0 Å². The second-order valence-electron chi connectivity index (χ2n) is 10.9. The molecule has 0 saturated heterocycles. The molecule has 0 saturated carbocycles. The quantitative estimate of drug-likeness (QED) is 0.269. The third-order valence-corrected chi connectivity index (χ3v) is 7.54. The molecule has 0 aliphatic carbocycles. The first-order chi connectivity index (χ1) is 16.3. The lowest BCUT2D eigenvalue weighted by molar-refractivity contribution is -0.119. The van der Waals surface area contributed by atoms with E-state index in [9.17, 15) is 18.0 Å². The van der Waals surface area contributed by atoms with Crippen LogP contribution >= 0.6 is 0 Å². The van der Waals surface area contributed by atoms with E-state index in [1.165, 1.54) is 6.92 Å². The summed E-state index contributed by atoms with van der Waals surface area (Å²) in [5.41, 5.74) is 7.71. The minimum atomic E-state index is -3.99. The van der Waals surface area contributed by atoms with Crippen LogP contribution in [0.15, 0.2) is 9.89 Å². The van der Waals surface area contributed by atoms with Gasteiger partial charge in [-0.2, -0.15) is 0 Å². The Morgan fingerprint density at radius 3 is 2.33 bits per heavy atom. The van der Waals surface area contributed by atoms with Gasteiger partial charge in [-0.15, -0.1) is 0 Å². The minimum absolute atomic E-state index is 0.164. The van der Waals surface area contributed by atoms with Gasteiger partial charge in [0.05, 0.1) is 10.9 Å². The van der Waals surface area contributed by atoms with Crippen molar-refractivity contribution in [2.45, 2.75) is 104 Å². The number of fused-ring (bicyclic) bond motifs is 1. The molecule has 36 heavy (non-hydrogen) atoms. The van der Waals surface area contributed by atoms with Gasteiger partial charge in [0, 0.05) is 18.5 Å². The third kappa shape index (κ3) is 7.35. The van der Waals surface area contributed by atoms with Crippen molar-refractivity contribution in [3.63, 3.8) is 0 Å². The van der Waals surface area contributed by atoms with Crippen molar-refractivity contribution in [2.75, 3.05) is 6.54 Å². The Bertz CT molecular complexity index is 1170. The number of alkyl carbamates (subject to hydrolysis) is 1. The van der Waals surface area contributed by atoms with Crippen LogP contribution in [0, 0.1) is 20.8 Å². The van der Waals surface area contributed by atoms with Crippen LogP contribution in [0.25, 0.3) is 0 Å². The second kappa shape index (κ2) is 10.7. The van der Waals surface area contributed by atoms with Crippen molar-refractivity contribution in [2.24, 2.45) is 10.7 Å². The van der Waals surface area contributed by atoms with Gasteiger partial charge in [0.2, 0.25) is 5.96 Å². The Balaban J connectivity index is 2.08. The van der Waals surface area contributed by atoms with Gasteiger partial charge in [-0.25, -0.2) is 17.9 Å². The highest BCUT2D eigenvalue weighted by atomic mass is 32.2. The molecule has 0 spiro atoms. The topological polar surface area (TPSA) is 149 Å². The van der Waals surface area contributed by atoms with Crippen LogP contribution < -0.4 is 20.5 Å². The zero-order valence-corrected chi connectivity index (χ0v) is 23.6. The summed E-state index contributed by atoms with van der Waals surface area (Å²) in [6.45, 7) is 16.1. The predicted molar refractivity (Wildman–Crippen MR) is 139 cm³/mol. The SMILES string of the molecule is CC(=O)[C@H](CCCN=C(N)NS(=O)(=O)c1c(C)c(C)c2c(c1C)CC(C)(C)O2)NC(=O)OC(C)(C)C. The molecule has 0 unspecified atom stereocenters. The van der Waals surface area contributed by atoms with Crippen LogP contribution in [0.4, 0.5) is 4.79 Å². The molecule has 2 rings (SSSR count). The minimum Gasteiger partial charge on any atom is -0.487 e. The van der Waals surface area contributed by atoms with Gasteiger partial charge < -0.3 is 20.5 Å². The Hall–Kier alpha value is -2.82. The number of nitrogens with one attached hydrogen (secondary N) is 2. The van der Waals surface area contributed by atoms with E-state index in [2.05, 4.69) is 15.0 Å². The van der Waals surface area contributed by atoms with Gasteiger partial charge in [-0.05, 0) is 91.8 Å².